The molecule has 0 bridgehead atoms. The Morgan fingerprint density at radius 2 is 0.603 bits per heavy atom. The van der Waals surface area contributed by atoms with Gasteiger partial charge in [-0.1, -0.05) is 334 Å². The zero-order chi connectivity index (χ0) is 56.4. The van der Waals surface area contributed by atoms with E-state index in [1.165, 1.54) is 321 Å². The average molecular weight is 1100 g/mol. The van der Waals surface area contributed by atoms with Crippen LogP contribution in [0.1, 0.15) is 399 Å². The molecule has 1 amide bonds. The smallest absolute Gasteiger partial charge is 0.305 e. The lowest BCUT2D eigenvalue weighted by molar-refractivity contribution is -0.143. The van der Waals surface area contributed by atoms with Gasteiger partial charge in [-0.05, 0) is 77.0 Å². The Labute approximate surface area is 488 Å². The topological polar surface area (TPSA) is 95.9 Å². The molecule has 0 radical (unpaired) electrons. The zero-order valence-corrected chi connectivity index (χ0v) is 52.9. The zero-order valence-electron chi connectivity index (χ0n) is 52.9. The van der Waals surface area contributed by atoms with Gasteiger partial charge in [0.2, 0.25) is 5.91 Å². The van der Waals surface area contributed by atoms with E-state index < -0.39 is 12.1 Å². The number of hydrogen-bond donors (Lipinski definition) is 3. The van der Waals surface area contributed by atoms with E-state index in [1.54, 1.807) is 0 Å². The van der Waals surface area contributed by atoms with E-state index in [4.69, 9.17) is 4.74 Å². The lowest BCUT2D eigenvalue weighted by Crippen LogP contribution is -2.45. The number of nitrogens with one attached hydrogen (secondary N) is 1. The summed E-state index contributed by atoms with van der Waals surface area (Å²) < 4.78 is 5.50. The van der Waals surface area contributed by atoms with E-state index in [-0.39, 0.29) is 18.5 Å². The standard InChI is InChI=1S/C72H139NO5/c1-3-5-7-9-11-13-15-17-19-21-32-36-40-44-48-52-56-60-64-70(75)69(68-74)73-71(76)65-61-57-53-49-45-41-37-33-30-28-26-24-23-25-27-29-31-35-39-43-47-51-55-59-63-67-78-72(77)66-62-58-54-50-46-42-38-34-22-20-18-16-14-12-10-8-6-4-2/h20,22,24,26,69-70,74-75H,3-19,21,23,25,27-68H2,1-2H3,(H,73,76)/b22-20-,26-24-. The highest BCUT2D eigenvalue weighted by Crippen LogP contribution is 2.19. The van der Waals surface area contributed by atoms with Crippen molar-refractivity contribution in [3.05, 3.63) is 24.3 Å². The van der Waals surface area contributed by atoms with Crippen LogP contribution in [0, 0.1) is 0 Å². The molecule has 0 aliphatic heterocycles. The van der Waals surface area contributed by atoms with Crippen LogP contribution in [0.25, 0.3) is 0 Å². The first-order valence-electron chi connectivity index (χ1n) is 35.6. The van der Waals surface area contributed by atoms with Crippen LogP contribution in [0.4, 0.5) is 0 Å². The lowest BCUT2D eigenvalue weighted by atomic mass is 10.0. The van der Waals surface area contributed by atoms with Crippen molar-refractivity contribution >= 4 is 11.9 Å². The summed E-state index contributed by atoms with van der Waals surface area (Å²) in [6.45, 7) is 4.99. The molecule has 0 rings (SSSR count). The predicted molar refractivity (Wildman–Crippen MR) is 343 cm³/mol. The maximum absolute atomic E-state index is 12.5. The SMILES string of the molecule is CCCCCCCCC/C=C\CCCCCCCCCC(=O)OCCCCCCCCCCCCCC/C=C\CCCCCCCCCCCC(=O)NC(CO)C(O)CCCCCCCCCCCCCCCCCCCC. The quantitative estimate of drug-likeness (QED) is 0.0320. The largest absolute Gasteiger partial charge is 0.466 e. The molecule has 0 saturated heterocycles. The molecule has 0 aliphatic rings. The second-order valence-electron chi connectivity index (χ2n) is 24.6. The molecule has 6 heteroatoms. The predicted octanol–water partition coefficient (Wildman–Crippen LogP) is 22.9. The Hall–Kier alpha value is -1.66. The minimum Gasteiger partial charge on any atom is -0.466 e. The van der Waals surface area contributed by atoms with Gasteiger partial charge in [-0.3, -0.25) is 9.59 Å². The number of carbonyl (C=O) groups is 2. The molecule has 0 saturated carbocycles. The highest BCUT2D eigenvalue weighted by atomic mass is 16.5. The van der Waals surface area contributed by atoms with Gasteiger partial charge >= 0.3 is 5.97 Å². The Balaban J connectivity index is 3.38. The molecule has 0 aromatic rings. The van der Waals surface area contributed by atoms with E-state index in [9.17, 15) is 19.8 Å². The maximum atomic E-state index is 12.5. The number of allylic oxidation sites excluding steroid dienone is 4. The number of rotatable bonds is 67. The normalized spacial score (nSPS) is 12.6. The maximum Gasteiger partial charge on any atom is 0.305 e. The third-order valence-electron chi connectivity index (χ3n) is 16.7. The van der Waals surface area contributed by atoms with Crippen molar-refractivity contribution < 1.29 is 24.5 Å². The number of ether oxygens (including phenoxy) is 1. The molecule has 2 unspecified atom stereocenters. The summed E-state index contributed by atoms with van der Waals surface area (Å²) in [5.41, 5.74) is 0. The average Bonchev–Trinajstić information content (AvgIpc) is 3.44. The molecule has 0 heterocycles. The molecule has 0 aromatic carbocycles. The molecule has 0 aliphatic carbocycles. The van der Waals surface area contributed by atoms with Gasteiger partial charge in [-0.25, -0.2) is 0 Å². The number of carbonyl (C=O) groups excluding carboxylic acids is 2. The summed E-state index contributed by atoms with van der Waals surface area (Å²) in [5.74, 6) is -0.0230. The highest BCUT2D eigenvalue weighted by molar-refractivity contribution is 5.76. The van der Waals surface area contributed by atoms with Crippen LogP contribution in [0.2, 0.25) is 0 Å². The summed E-state index contributed by atoms with van der Waals surface area (Å²) in [5, 5.41) is 23.4. The van der Waals surface area contributed by atoms with E-state index in [0.717, 1.165) is 44.9 Å². The minimum atomic E-state index is -0.667. The molecule has 78 heavy (non-hydrogen) atoms. The van der Waals surface area contributed by atoms with Gasteiger partial charge in [0, 0.05) is 12.8 Å². The van der Waals surface area contributed by atoms with Gasteiger partial charge in [0.25, 0.3) is 0 Å². The Morgan fingerprint density at radius 1 is 0.346 bits per heavy atom. The van der Waals surface area contributed by atoms with Crippen LogP contribution in [0.5, 0.6) is 0 Å². The second-order valence-corrected chi connectivity index (χ2v) is 24.6. The van der Waals surface area contributed by atoms with Crippen molar-refractivity contribution in [1.29, 1.82) is 0 Å². The van der Waals surface area contributed by atoms with Crippen LogP contribution in [0.3, 0.4) is 0 Å². The second kappa shape index (κ2) is 67.8. The van der Waals surface area contributed by atoms with Gasteiger partial charge in [0.1, 0.15) is 0 Å². The fourth-order valence-corrected chi connectivity index (χ4v) is 11.3. The number of aliphatic hydroxyl groups is 2. The van der Waals surface area contributed by atoms with E-state index in [1.807, 2.05) is 0 Å². The van der Waals surface area contributed by atoms with Crippen LogP contribution in [-0.2, 0) is 14.3 Å². The molecule has 0 aromatic heterocycles. The number of hydrogen-bond acceptors (Lipinski definition) is 5. The molecule has 0 spiro atoms. The van der Waals surface area contributed by atoms with Crippen molar-refractivity contribution in [3.8, 4) is 0 Å². The first-order valence-corrected chi connectivity index (χ1v) is 35.6. The Morgan fingerprint density at radius 3 is 0.910 bits per heavy atom. The molecule has 2 atom stereocenters. The Bertz CT molecular complexity index is 1220. The summed E-state index contributed by atoms with van der Waals surface area (Å²) >= 11 is 0. The van der Waals surface area contributed by atoms with Crippen LogP contribution < -0.4 is 5.32 Å². The molecule has 6 nitrogen and oxygen atoms in total. The van der Waals surface area contributed by atoms with E-state index in [0.29, 0.717) is 25.9 Å². The monoisotopic (exact) mass is 1100 g/mol. The van der Waals surface area contributed by atoms with Crippen molar-refractivity contribution in [2.75, 3.05) is 13.2 Å². The summed E-state index contributed by atoms with van der Waals surface area (Å²) in [4.78, 5) is 24.6. The fraction of sp³-hybridized carbons (Fsp3) is 0.917. The van der Waals surface area contributed by atoms with Crippen molar-refractivity contribution in [2.45, 2.75) is 411 Å². The first-order chi connectivity index (χ1) is 38.5. The molecule has 462 valence electrons. The van der Waals surface area contributed by atoms with E-state index in [2.05, 4.69) is 43.5 Å². The van der Waals surface area contributed by atoms with Crippen molar-refractivity contribution in [1.82, 2.24) is 5.32 Å². The van der Waals surface area contributed by atoms with Gasteiger partial charge in [-0.2, -0.15) is 0 Å². The van der Waals surface area contributed by atoms with Crippen molar-refractivity contribution in [2.24, 2.45) is 0 Å². The van der Waals surface area contributed by atoms with Crippen LogP contribution >= 0.6 is 0 Å². The van der Waals surface area contributed by atoms with Crippen molar-refractivity contribution in [3.63, 3.8) is 0 Å². The minimum absolute atomic E-state index is 0.0115. The number of esters is 1. The summed E-state index contributed by atoms with van der Waals surface area (Å²) in [6.07, 6.45) is 85.1. The third-order valence-corrected chi connectivity index (χ3v) is 16.7. The van der Waals surface area contributed by atoms with Gasteiger partial charge in [-0.15, -0.1) is 0 Å². The van der Waals surface area contributed by atoms with Crippen LogP contribution in [0.15, 0.2) is 24.3 Å². The number of aliphatic hydroxyl groups excluding tert-OH is 2. The first kappa shape index (κ1) is 76.3. The fourth-order valence-electron chi connectivity index (χ4n) is 11.3. The summed E-state index contributed by atoms with van der Waals surface area (Å²) in [7, 11) is 0. The molecule has 0 fully saturated rings. The van der Waals surface area contributed by atoms with Gasteiger partial charge in [0.05, 0.1) is 25.4 Å². The van der Waals surface area contributed by atoms with Gasteiger partial charge in [0.15, 0.2) is 0 Å². The number of unbranched alkanes of at least 4 members (excludes halogenated alkanes) is 52. The summed E-state index contributed by atoms with van der Waals surface area (Å²) in [6, 6.07) is -0.544. The number of amides is 1. The van der Waals surface area contributed by atoms with E-state index >= 15 is 0 Å². The molecular weight excluding hydrogens is 959 g/mol. The molecular formula is C72H139NO5. The molecule has 3 N–H and O–H groups in total. The third kappa shape index (κ3) is 63.5. The highest BCUT2D eigenvalue weighted by Gasteiger charge is 2.20. The Kier molecular flexibility index (Phi) is 66.4. The van der Waals surface area contributed by atoms with Crippen LogP contribution in [-0.4, -0.2) is 47.4 Å². The van der Waals surface area contributed by atoms with Gasteiger partial charge < -0.3 is 20.3 Å². The lowest BCUT2D eigenvalue weighted by Gasteiger charge is -2.22.